The monoisotopic (exact) mass is 250 g/mol. The third-order valence-corrected chi connectivity index (χ3v) is 2.61. The molecular formula is C10H18O7. The molecule has 0 saturated carbocycles. The molecule has 1 saturated heterocycles. The quantitative estimate of drug-likeness (QED) is 0.448. The van der Waals surface area contributed by atoms with E-state index in [1.54, 1.807) is 0 Å². The Labute approximate surface area is 98.6 Å². The molecule has 100 valence electrons. The van der Waals surface area contributed by atoms with Crippen LogP contribution < -0.4 is 0 Å². The average Bonchev–Trinajstić information content (AvgIpc) is 2.28. The van der Waals surface area contributed by atoms with Gasteiger partial charge in [-0.3, -0.25) is 0 Å². The van der Waals surface area contributed by atoms with Crippen LogP contribution in [0.5, 0.6) is 0 Å². The van der Waals surface area contributed by atoms with Gasteiger partial charge in [-0.1, -0.05) is 13.3 Å². The molecule has 1 aliphatic heterocycles. The molecule has 3 unspecified atom stereocenters. The molecule has 0 aliphatic carbocycles. The normalized spacial score (nSPS) is 38.0. The molecule has 1 rings (SSSR count). The Hall–Kier alpha value is -0.730. The molecule has 1 heterocycles. The molecule has 7 nitrogen and oxygen atoms in total. The van der Waals surface area contributed by atoms with Crippen LogP contribution >= 0.6 is 0 Å². The Morgan fingerprint density at radius 1 is 1.29 bits per heavy atom. The lowest BCUT2D eigenvalue weighted by Crippen LogP contribution is -2.60. The summed E-state index contributed by atoms with van der Waals surface area (Å²) in [6.07, 6.45) is -5.90. The van der Waals surface area contributed by atoms with Crippen LogP contribution in [0.2, 0.25) is 0 Å². The Morgan fingerprint density at radius 2 is 1.94 bits per heavy atom. The minimum absolute atomic E-state index is 0.258. The maximum atomic E-state index is 10.9. The largest absolute Gasteiger partial charge is 0.479 e. The van der Waals surface area contributed by atoms with Crippen LogP contribution in [0.1, 0.15) is 19.8 Å². The van der Waals surface area contributed by atoms with Crippen molar-refractivity contribution in [2.24, 2.45) is 0 Å². The standard InChI is InChI=1S/C10H18O7/c1-2-3-4-16-7-5(11)6(12)10(15)17-8(7)9(13)14/h5-8,10-12,15H,2-4H2,1H3,(H,13,14)/t5?,6?,7-,8?,10+/m1/s1. The predicted octanol–water partition coefficient (Wildman–Crippen LogP) is -1.30. The van der Waals surface area contributed by atoms with Crippen molar-refractivity contribution in [3.05, 3.63) is 0 Å². The number of unbranched alkanes of at least 4 members (excludes halogenated alkanes) is 1. The fourth-order valence-corrected chi connectivity index (χ4v) is 1.60. The molecule has 0 aromatic carbocycles. The second kappa shape index (κ2) is 6.27. The lowest BCUT2D eigenvalue weighted by Gasteiger charge is -2.38. The number of carboxylic acid groups (broad SMARTS) is 1. The summed E-state index contributed by atoms with van der Waals surface area (Å²) in [4.78, 5) is 10.9. The second-order valence-corrected chi connectivity index (χ2v) is 3.96. The SMILES string of the molecule is CCCCO[C@H]1C(C(=O)O)O[C@H](O)C(O)C1O. The van der Waals surface area contributed by atoms with E-state index in [1.807, 2.05) is 6.92 Å². The lowest BCUT2D eigenvalue weighted by atomic mass is 9.99. The second-order valence-electron chi connectivity index (χ2n) is 3.96. The number of hydrogen-bond donors (Lipinski definition) is 4. The van der Waals surface area contributed by atoms with Crippen LogP contribution in [-0.4, -0.2) is 63.7 Å². The minimum Gasteiger partial charge on any atom is -0.479 e. The summed E-state index contributed by atoms with van der Waals surface area (Å²) in [5.74, 6) is -1.35. The van der Waals surface area contributed by atoms with Crippen molar-refractivity contribution in [2.75, 3.05) is 6.61 Å². The van der Waals surface area contributed by atoms with Gasteiger partial charge in [-0.05, 0) is 6.42 Å². The fraction of sp³-hybridized carbons (Fsp3) is 0.900. The van der Waals surface area contributed by atoms with Gasteiger partial charge in [-0.15, -0.1) is 0 Å². The van der Waals surface area contributed by atoms with E-state index in [1.165, 1.54) is 0 Å². The lowest BCUT2D eigenvalue weighted by molar-refractivity contribution is -0.287. The van der Waals surface area contributed by atoms with Gasteiger partial charge in [-0.25, -0.2) is 4.79 Å². The van der Waals surface area contributed by atoms with Gasteiger partial charge >= 0.3 is 5.97 Å². The van der Waals surface area contributed by atoms with Crippen molar-refractivity contribution in [3.63, 3.8) is 0 Å². The van der Waals surface area contributed by atoms with E-state index < -0.39 is 36.7 Å². The van der Waals surface area contributed by atoms with E-state index in [-0.39, 0.29) is 6.61 Å². The molecule has 17 heavy (non-hydrogen) atoms. The highest BCUT2D eigenvalue weighted by molar-refractivity contribution is 5.73. The van der Waals surface area contributed by atoms with Crippen LogP contribution in [0.15, 0.2) is 0 Å². The molecule has 5 atom stereocenters. The molecule has 4 N–H and O–H groups in total. The zero-order chi connectivity index (χ0) is 13.0. The number of carboxylic acids is 1. The first kappa shape index (κ1) is 14.3. The van der Waals surface area contributed by atoms with Crippen molar-refractivity contribution in [2.45, 2.75) is 50.5 Å². The third kappa shape index (κ3) is 3.36. The molecule has 0 aromatic heterocycles. The molecule has 0 spiro atoms. The highest BCUT2D eigenvalue weighted by Crippen LogP contribution is 2.22. The Kier molecular flexibility index (Phi) is 5.29. The van der Waals surface area contributed by atoms with E-state index in [0.29, 0.717) is 6.42 Å². The van der Waals surface area contributed by atoms with E-state index in [4.69, 9.17) is 14.6 Å². The molecule has 7 heteroatoms. The van der Waals surface area contributed by atoms with Gasteiger partial charge < -0.3 is 29.9 Å². The Morgan fingerprint density at radius 3 is 2.47 bits per heavy atom. The molecule has 0 amide bonds. The topological polar surface area (TPSA) is 116 Å². The van der Waals surface area contributed by atoms with E-state index in [9.17, 15) is 20.1 Å². The highest BCUT2D eigenvalue weighted by atomic mass is 16.7. The number of aliphatic hydroxyl groups excluding tert-OH is 3. The first-order valence-corrected chi connectivity index (χ1v) is 5.53. The molecular weight excluding hydrogens is 232 g/mol. The summed E-state index contributed by atoms with van der Waals surface area (Å²) in [5.41, 5.74) is 0. The van der Waals surface area contributed by atoms with Crippen molar-refractivity contribution in [3.8, 4) is 0 Å². The van der Waals surface area contributed by atoms with Crippen molar-refractivity contribution in [1.29, 1.82) is 0 Å². The molecule has 1 aliphatic rings. The van der Waals surface area contributed by atoms with Crippen molar-refractivity contribution >= 4 is 5.97 Å². The Balaban J connectivity index is 2.68. The summed E-state index contributed by atoms with van der Waals surface area (Å²) in [6.45, 7) is 2.19. The van der Waals surface area contributed by atoms with Gasteiger partial charge in [0.15, 0.2) is 12.4 Å². The van der Waals surface area contributed by atoms with Crippen LogP contribution in [0.25, 0.3) is 0 Å². The van der Waals surface area contributed by atoms with Gasteiger partial charge in [0.1, 0.15) is 18.3 Å². The Bertz CT molecular complexity index is 257. The van der Waals surface area contributed by atoms with Gasteiger partial charge in [0.2, 0.25) is 0 Å². The molecule has 0 radical (unpaired) electrons. The predicted molar refractivity (Wildman–Crippen MR) is 55.2 cm³/mol. The van der Waals surface area contributed by atoms with Crippen molar-refractivity contribution in [1.82, 2.24) is 0 Å². The number of rotatable bonds is 5. The summed E-state index contributed by atoms with van der Waals surface area (Å²) in [7, 11) is 0. The molecule has 1 fully saturated rings. The number of aliphatic carboxylic acids is 1. The maximum Gasteiger partial charge on any atom is 0.335 e. The zero-order valence-corrected chi connectivity index (χ0v) is 9.52. The van der Waals surface area contributed by atoms with Gasteiger partial charge in [-0.2, -0.15) is 0 Å². The zero-order valence-electron chi connectivity index (χ0n) is 9.52. The van der Waals surface area contributed by atoms with E-state index in [2.05, 4.69) is 0 Å². The summed E-state index contributed by atoms with van der Waals surface area (Å²) in [5, 5.41) is 37.1. The smallest absolute Gasteiger partial charge is 0.335 e. The third-order valence-electron chi connectivity index (χ3n) is 2.61. The number of carbonyl (C=O) groups is 1. The highest BCUT2D eigenvalue weighted by Gasteiger charge is 2.47. The van der Waals surface area contributed by atoms with Crippen LogP contribution in [0, 0.1) is 0 Å². The average molecular weight is 250 g/mol. The van der Waals surface area contributed by atoms with E-state index >= 15 is 0 Å². The van der Waals surface area contributed by atoms with Crippen LogP contribution in [0.4, 0.5) is 0 Å². The van der Waals surface area contributed by atoms with Gasteiger partial charge in [0.25, 0.3) is 0 Å². The maximum absolute atomic E-state index is 10.9. The van der Waals surface area contributed by atoms with Gasteiger partial charge in [0, 0.05) is 6.61 Å². The minimum atomic E-state index is -1.72. The number of hydrogen-bond acceptors (Lipinski definition) is 6. The molecule has 0 bridgehead atoms. The number of ether oxygens (including phenoxy) is 2. The fourth-order valence-electron chi connectivity index (χ4n) is 1.60. The first-order chi connectivity index (χ1) is 7.99. The number of aliphatic hydroxyl groups is 3. The van der Waals surface area contributed by atoms with Crippen LogP contribution in [-0.2, 0) is 14.3 Å². The first-order valence-electron chi connectivity index (χ1n) is 5.53. The summed E-state index contributed by atoms with van der Waals surface area (Å²) < 4.78 is 9.90. The summed E-state index contributed by atoms with van der Waals surface area (Å²) in [6, 6.07) is 0. The van der Waals surface area contributed by atoms with Crippen molar-refractivity contribution < 1.29 is 34.7 Å². The van der Waals surface area contributed by atoms with E-state index in [0.717, 1.165) is 6.42 Å². The summed E-state index contributed by atoms with van der Waals surface area (Å²) >= 11 is 0. The van der Waals surface area contributed by atoms with Crippen LogP contribution in [0.3, 0.4) is 0 Å². The molecule has 0 aromatic rings. The van der Waals surface area contributed by atoms with Gasteiger partial charge in [0.05, 0.1) is 0 Å².